The Morgan fingerprint density at radius 1 is 1.25 bits per heavy atom. The Hall–Kier alpha value is -2.53. The van der Waals surface area contributed by atoms with Crippen molar-refractivity contribution in [1.82, 2.24) is 5.43 Å². The van der Waals surface area contributed by atoms with Gasteiger partial charge in [-0.1, -0.05) is 18.5 Å². The van der Waals surface area contributed by atoms with Crippen molar-refractivity contribution in [2.75, 3.05) is 18.0 Å². The summed E-state index contributed by atoms with van der Waals surface area (Å²) in [5.41, 5.74) is 5.08. The predicted molar refractivity (Wildman–Crippen MR) is 115 cm³/mol. The normalized spacial score (nSPS) is 15.0. The first-order valence-electron chi connectivity index (χ1n) is 9.71. The molecule has 1 atom stereocenters. The molecule has 1 amide bonds. The van der Waals surface area contributed by atoms with E-state index in [1.807, 2.05) is 43.3 Å². The number of rotatable bonds is 7. The van der Waals surface area contributed by atoms with Gasteiger partial charge in [0.05, 0.1) is 17.3 Å². The number of halogens is 1. The molecule has 6 heteroatoms. The van der Waals surface area contributed by atoms with Crippen LogP contribution >= 0.6 is 11.6 Å². The second-order valence-corrected chi connectivity index (χ2v) is 7.37. The highest BCUT2D eigenvalue weighted by Gasteiger charge is 2.13. The molecule has 3 rings (SSSR count). The van der Waals surface area contributed by atoms with Crippen molar-refractivity contribution in [2.24, 2.45) is 5.10 Å². The first kappa shape index (κ1) is 20.2. The van der Waals surface area contributed by atoms with Gasteiger partial charge in [0.1, 0.15) is 5.75 Å². The van der Waals surface area contributed by atoms with Crippen LogP contribution < -0.4 is 15.1 Å². The largest absolute Gasteiger partial charge is 0.489 e. The van der Waals surface area contributed by atoms with Crippen LogP contribution in [0.1, 0.15) is 49.0 Å². The van der Waals surface area contributed by atoms with Crippen LogP contribution in [0, 0.1) is 0 Å². The van der Waals surface area contributed by atoms with Crippen molar-refractivity contribution in [3.63, 3.8) is 0 Å². The zero-order valence-electron chi connectivity index (χ0n) is 16.3. The summed E-state index contributed by atoms with van der Waals surface area (Å²) in [7, 11) is 0. The van der Waals surface area contributed by atoms with E-state index in [1.54, 1.807) is 12.3 Å². The van der Waals surface area contributed by atoms with Gasteiger partial charge in [0.25, 0.3) is 5.91 Å². The maximum Gasteiger partial charge on any atom is 0.271 e. The molecule has 2 aromatic rings. The second-order valence-electron chi connectivity index (χ2n) is 6.97. The van der Waals surface area contributed by atoms with Gasteiger partial charge in [0.2, 0.25) is 0 Å². The third-order valence-electron chi connectivity index (χ3n) is 4.84. The summed E-state index contributed by atoms with van der Waals surface area (Å²) in [5.74, 6) is 0.405. The molecule has 2 aromatic carbocycles. The summed E-state index contributed by atoms with van der Waals surface area (Å²) in [5, 5.41) is 4.55. The molecule has 0 saturated carbocycles. The Balaban J connectivity index is 1.56. The third-order valence-corrected chi connectivity index (χ3v) is 5.13. The van der Waals surface area contributed by atoms with Crippen LogP contribution in [0.4, 0.5) is 5.69 Å². The van der Waals surface area contributed by atoms with Crippen LogP contribution in [0.15, 0.2) is 47.6 Å². The number of hydrogen-bond donors (Lipinski definition) is 1. The van der Waals surface area contributed by atoms with E-state index in [0.29, 0.717) is 16.3 Å². The minimum atomic E-state index is -0.243. The maximum atomic E-state index is 12.3. The van der Waals surface area contributed by atoms with E-state index in [9.17, 15) is 4.79 Å². The molecule has 1 saturated heterocycles. The lowest BCUT2D eigenvalue weighted by atomic mass is 10.2. The smallest absolute Gasteiger partial charge is 0.271 e. The summed E-state index contributed by atoms with van der Waals surface area (Å²) in [6.45, 7) is 6.22. The highest BCUT2D eigenvalue weighted by Crippen LogP contribution is 2.26. The fraction of sp³-hybridized carbons (Fsp3) is 0.364. The molecular weight excluding hydrogens is 374 g/mol. The van der Waals surface area contributed by atoms with Crippen LogP contribution in [0.25, 0.3) is 0 Å². The maximum absolute atomic E-state index is 12.3. The van der Waals surface area contributed by atoms with Gasteiger partial charge in [-0.15, -0.1) is 0 Å². The lowest BCUT2D eigenvalue weighted by molar-refractivity contribution is 0.0955. The lowest BCUT2D eigenvalue weighted by Gasteiger charge is -2.17. The number of carbonyl (C=O) groups is 1. The van der Waals surface area contributed by atoms with E-state index in [4.69, 9.17) is 16.3 Å². The molecule has 0 aliphatic carbocycles. The summed E-state index contributed by atoms with van der Waals surface area (Å²) in [6, 6.07) is 13.1. The van der Waals surface area contributed by atoms with Gasteiger partial charge in [0.15, 0.2) is 0 Å². The molecule has 0 radical (unpaired) electrons. The quantitative estimate of drug-likeness (QED) is 0.533. The SMILES string of the molecule is CC[C@@H](C)Oc1ccc(/C=N\NC(=O)c2ccc(N3CCCC3)cc2)cc1Cl. The highest BCUT2D eigenvalue weighted by molar-refractivity contribution is 6.32. The molecule has 148 valence electrons. The van der Waals surface area contributed by atoms with E-state index in [2.05, 4.69) is 22.4 Å². The Labute approximate surface area is 171 Å². The van der Waals surface area contributed by atoms with Crippen molar-refractivity contribution in [3.05, 3.63) is 58.6 Å². The number of nitrogens with one attached hydrogen (secondary N) is 1. The minimum Gasteiger partial charge on any atom is -0.489 e. The highest BCUT2D eigenvalue weighted by atomic mass is 35.5. The second kappa shape index (κ2) is 9.60. The summed E-state index contributed by atoms with van der Waals surface area (Å²) in [6.07, 6.45) is 5.03. The van der Waals surface area contributed by atoms with Gasteiger partial charge in [-0.3, -0.25) is 4.79 Å². The molecule has 28 heavy (non-hydrogen) atoms. The van der Waals surface area contributed by atoms with E-state index in [-0.39, 0.29) is 12.0 Å². The molecule has 1 N–H and O–H groups in total. The van der Waals surface area contributed by atoms with Gasteiger partial charge < -0.3 is 9.64 Å². The number of hydrogen-bond acceptors (Lipinski definition) is 4. The monoisotopic (exact) mass is 399 g/mol. The van der Waals surface area contributed by atoms with Crippen molar-refractivity contribution in [2.45, 2.75) is 39.2 Å². The van der Waals surface area contributed by atoms with Gasteiger partial charge >= 0.3 is 0 Å². The molecule has 0 bridgehead atoms. The Morgan fingerprint density at radius 2 is 1.96 bits per heavy atom. The van der Waals surface area contributed by atoms with E-state index >= 15 is 0 Å². The van der Waals surface area contributed by atoms with Crippen LogP contribution in [0.5, 0.6) is 5.75 Å². The first-order valence-corrected chi connectivity index (χ1v) is 10.1. The average molecular weight is 400 g/mol. The molecule has 1 heterocycles. The molecule has 1 fully saturated rings. The number of nitrogens with zero attached hydrogens (tertiary/aromatic N) is 2. The fourth-order valence-electron chi connectivity index (χ4n) is 3.02. The number of hydrazone groups is 1. The average Bonchev–Trinajstić information content (AvgIpc) is 3.24. The summed E-state index contributed by atoms with van der Waals surface area (Å²) < 4.78 is 5.75. The molecule has 1 aliphatic heterocycles. The topological polar surface area (TPSA) is 53.9 Å². The van der Waals surface area contributed by atoms with Crippen molar-refractivity contribution >= 4 is 29.4 Å². The zero-order valence-corrected chi connectivity index (χ0v) is 17.1. The number of benzene rings is 2. The molecule has 1 aliphatic rings. The third kappa shape index (κ3) is 5.26. The molecular formula is C22H26ClN3O2. The molecule has 0 aromatic heterocycles. The van der Waals surface area contributed by atoms with Crippen LogP contribution in [0.3, 0.4) is 0 Å². The number of carbonyl (C=O) groups excluding carboxylic acids is 1. The van der Waals surface area contributed by atoms with Crippen LogP contribution in [-0.2, 0) is 0 Å². The molecule has 5 nitrogen and oxygen atoms in total. The first-order chi connectivity index (χ1) is 13.6. The molecule has 0 spiro atoms. The Kier molecular flexibility index (Phi) is 6.93. The Bertz CT molecular complexity index is 830. The number of anilines is 1. The number of ether oxygens (including phenoxy) is 1. The van der Waals surface area contributed by atoms with Gasteiger partial charge in [0, 0.05) is 24.3 Å². The summed E-state index contributed by atoms with van der Waals surface area (Å²) >= 11 is 6.26. The lowest BCUT2D eigenvalue weighted by Crippen LogP contribution is -2.19. The fourth-order valence-corrected chi connectivity index (χ4v) is 3.26. The van der Waals surface area contributed by atoms with Crippen molar-refractivity contribution in [3.8, 4) is 5.75 Å². The van der Waals surface area contributed by atoms with E-state index in [0.717, 1.165) is 30.8 Å². The van der Waals surface area contributed by atoms with Crippen LogP contribution in [-0.4, -0.2) is 31.3 Å². The van der Waals surface area contributed by atoms with Crippen molar-refractivity contribution in [1.29, 1.82) is 0 Å². The zero-order chi connectivity index (χ0) is 19.9. The van der Waals surface area contributed by atoms with Gasteiger partial charge in [-0.05, 0) is 74.2 Å². The standard InChI is InChI=1S/C22H26ClN3O2/c1-3-16(2)28-21-11-6-17(14-20(21)23)15-24-25-22(27)18-7-9-19(10-8-18)26-12-4-5-13-26/h6-11,14-16H,3-5,12-13H2,1-2H3,(H,25,27)/b24-15-/t16-/m1/s1. The molecule has 0 unspecified atom stereocenters. The number of amides is 1. The predicted octanol–water partition coefficient (Wildman–Crippen LogP) is 4.88. The minimum absolute atomic E-state index is 0.105. The van der Waals surface area contributed by atoms with Crippen LogP contribution in [0.2, 0.25) is 5.02 Å². The van der Waals surface area contributed by atoms with Crippen molar-refractivity contribution < 1.29 is 9.53 Å². The Morgan fingerprint density at radius 3 is 2.61 bits per heavy atom. The van der Waals surface area contributed by atoms with E-state index in [1.165, 1.54) is 12.8 Å². The van der Waals surface area contributed by atoms with Gasteiger partial charge in [-0.2, -0.15) is 5.10 Å². The summed E-state index contributed by atoms with van der Waals surface area (Å²) in [4.78, 5) is 14.6. The van der Waals surface area contributed by atoms with E-state index < -0.39 is 0 Å². The van der Waals surface area contributed by atoms with Gasteiger partial charge in [-0.25, -0.2) is 5.43 Å².